The third-order valence-electron chi connectivity index (χ3n) is 13.2. The number of allylic oxidation sites excluding steroid dienone is 4. The topological polar surface area (TPSA) is 8.17 Å². The van der Waals surface area contributed by atoms with E-state index in [2.05, 4.69) is 253 Å². The van der Waals surface area contributed by atoms with E-state index in [0.717, 1.165) is 23.5 Å². The predicted molar refractivity (Wildman–Crippen MR) is 275 cm³/mol. The van der Waals surface area contributed by atoms with Gasteiger partial charge in [-0.1, -0.05) is 171 Å². The van der Waals surface area contributed by atoms with Gasteiger partial charge >= 0.3 is 0 Å². The predicted octanol–water partition coefficient (Wildman–Crippen LogP) is 17.4. The average molecular weight is 837 g/mol. The Bertz CT molecular complexity index is 3590. The first-order valence-electron chi connectivity index (χ1n) is 22.1. The van der Waals surface area contributed by atoms with E-state index >= 15 is 0 Å². The molecule has 64 heavy (non-hydrogen) atoms. The molecule has 1 aliphatic carbocycles. The van der Waals surface area contributed by atoms with Crippen molar-refractivity contribution in [2.45, 2.75) is 18.8 Å². The Balaban J connectivity index is 0.946. The number of rotatable bonds is 8. The number of benzene rings is 9. The minimum atomic E-state index is -0.0203. The van der Waals surface area contributed by atoms with Crippen molar-refractivity contribution in [1.29, 1.82) is 0 Å². The van der Waals surface area contributed by atoms with E-state index < -0.39 is 0 Å². The largest absolute Gasteiger partial charge is 0.310 e. The quantitative estimate of drug-likeness (QED) is 0.148. The summed E-state index contributed by atoms with van der Waals surface area (Å²) < 4.78 is 5.07. The van der Waals surface area contributed by atoms with E-state index in [1.54, 1.807) is 0 Å². The standard InChI is InChI=1S/C61H44N2S/c1-61(37-10-3-11-38-61)47-29-33-49(34-30-47)62(48-31-27-43(28-32-48)42-15-4-2-5-16-42)50-20-13-18-45(40-50)44-17-12-19-46(39-44)52-23-14-25-57-60(52)55-22-6-8-24-56(55)63(57)51-35-36-54-53-21-7-9-26-58(53)64-59(54)41-51/h2-37,39-41H,38H2,1H3. The van der Waals surface area contributed by atoms with E-state index in [4.69, 9.17) is 0 Å². The van der Waals surface area contributed by atoms with Gasteiger partial charge in [0.2, 0.25) is 0 Å². The van der Waals surface area contributed by atoms with Crippen molar-refractivity contribution in [3.63, 3.8) is 0 Å². The Morgan fingerprint density at radius 2 is 1.09 bits per heavy atom. The van der Waals surface area contributed by atoms with Gasteiger partial charge in [0.25, 0.3) is 0 Å². The molecule has 2 heterocycles. The molecule has 1 atom stereocenters. The lowest BCUT2D eigenvalue weighted by Gasteiger charge is -2.29. The monoisotopic (exact) mass is 836 g/mol. The van der Waals surface area contributed by atoms with Gasteiger partial charge < -0.3 is 9.47 Å². The molecule has 0 aliphatic heterocycles. The molecule has 1 unspecified atom stereocenters. The van der Waals surface area contributed by atoms with Crippen molar-refractivity contribution in [2.75, 3.05) is 4.90 Å². The minimum absolute atomic E-state index is 0.0203. The van der Waals surface area contributed by atoms with Gasteiger partial charge in [0.15, 0.2) is 0 Å². The molecule has 0 radical (unpaired) electrons. The molecular formula is C61H44N2S. The molecule has 0 spiro atoms. The highest BCUT2D eigenvalue weighted by Crippen LogP contribution is 2.43. The summed E-state index contributed by atoms with van der Waals surface area (Å²) in [6.45, 7) is 2.32. The van der Waals surface area contributed by atoms with Gasteiger partial charge in [0, 0.05) is 59.1 Å². The van der Waals surface area contributed by atoms with Crippen LogP contribution in [0.3, 0.4) is 0 Å². The van der Waals surface area contributed by atoms with Crippen LogP contribution >= 0.6 is 11.3 Å². The minimum Gasteiger partial charge on any atom is -0.310 e. The smallest absolute Gasteiger partial charge is 0.0547 e. The summed E-state index contributed by atoms with van der Waals surface area (Å²) >= 11 is 1.87. The first kappa shape index (κ1) is 38.0. The molecule has 3 heteroatoms. The fraction of sp³-hybridized carbons (Fsp3) is 0.0492. The molecule has 304 valence electrons. The van der Waals surface area contributed by atoms with Crippen LogP contribution in [0.5, 0.6) is 0 Å². The SMILES string of the molecule is CC1(c2ccc(N(c3ccc(-c4ccccc4)cc3)c3cccc(-c4cccc(-c5cccc6c5c5ccccc5n6-c5ccc6c(c5)sc5ccccc56)c4)c3)cc2)C=CC=CC1. The van der Waals surface area contributed by atoms with Crippen molar-refractivity contribution in [1.82, 2.24) is 4.57 Å². The van der Waals surface area contributed by atoms with Crippen molar-refractivity contribution in [2.24, 2.45) is 0 Å². The third kappa shape index (κ3) is 6.56. The number of fused-ring (bicyclic) bond motifs is 6. The molecule has 1 aliphatic rings. The average Bonchev–Trinajstić information content (AvgIpc) is 3.91. The van der Waals surface area contributed by atoms with E-state index in [1.807, 2.05) is 11.3 Å². The van der Waals surface area contributed by atoms with Gasteiger partial charge in [-0.3, -0.25) is 0 Å². The molecule has 0 fully saturated rings. The normalized spacial score (nSPS) is 14.8. The van der Waals surface area contributed by atoms with Crippen LogP contribution in [0.2, 0.25) is 0 Å². The van der Waals surface area contributed by atoms with Crippen LogP contribution in [0.1, 0.15) is 18.9 Å². The molecular weight excluding hydrogens is 793 g/mol. The molecule has 0 bridgehead atoms. The summed E-state index contributed by atoms with van der Waals surface area (Å²) in [5.41, 5.74) is 15.4. The maximum Gasteiger partial charge on any atom is 0.0547 e. The van der Waals surface area contributed by atoms with E-state index in [0.29, 0.717) is 0 Å². The molecule has 0 N–H and O–H groups in total. The van der Waals surface area contributed by atoms with Gasteiger partial charge in [-0.15, -0.1) is 11.3 Å². The second kappa shape index (κ2) is 15.6. The number of anilines is 3. The second-order valence-corrected chi connectivity index (χ2v) is 18.2. The Morgan fingerprint density at radius 3 is 1.91 bits per heavy atom. The zero-order chi connectivity index (χ0) is 42.6. The maximum absolute atomic E-state index is 2.45. The van der Waals surface area contributed by atoms with Gasteiger partial charge in [-0.25, -0.2) is 0 Å². The zero-order valence-corrected chi connectivity index (χ0v) is 36.3. The molecule has 2 nitrogen and oxygen atoms in total. The van der Waals surface area contributed by atoms with Gasteiger partial charge in [-0.05, 0) is 118 Å². The lowest BCUT2D eigenvalue weighted by molar-refractivity contribution is 0.600. The highest BCUT2D eigenvalue weighted by atomic mass is 32.1. The summed E-state index contributed by atoms with van der Waals surface area (Å²) in [5, 5.41) is 5.15. The number of aromatic nitrogens is 1. The third-order valence-corrected chi connectivity index (χ3v) is 14.3. The van der Waals surface area contributed by atoms with E-state index in [-0.39, 0.29) is 5.41 Å². The van der Waals surface area contributed by atoms with Crippen LogP contribution in [-0.2, 0) is 5.41 Å². The van der Waals surface area contributed by atoms with Crippen LogP contribution in [0.25, 0.3) is 81.0 Å². The lowest BCUT2D eigenvalue weighted by atomic mass is 9.77. The summed E-state index contributed by atoms with van der Waals surface area (Å²) in [7, 11) is 0. The van der Waals surface area contributed by atoms with Crippen molar-refractivity contribution in [3.05, 3.63) is 242 Å². The van der Waals surface area contributed by atoms with Gasteiger partial charge in [0.1, 0.15) is 0 Å². The van der Waals surface area contributed by atoms with Crippen LogP contribution < -0.4 is 4.90 Å². The molecule has 12 rings (SSSR count). The zero-order valence-electron chi connectivity index (χ0n) is 35.5. The fourth-order valence-electron chi connectivity index (χ4n) is 9.90. The number of thiophene rings is 1. The Hall–Kier alpha value is -7.72. The van der Waals surface area contributed by atoms with Gasteiger partial charge in [0.05, 0.1) is 11.0 Å². The molecule has 0 amide bonds. The fourth-order valence-corrected chi connectivity index (χ4v) is 11.0. The summed E-state index contributed by atoms with van der Waals surface area (Å²) in [6.07, 6.45) is 9.90. The molecule has 0 saturated carbocycles. The molecule has 11 aromatic rings. The van der Waals surface area contributed by atoms with Crippen LogP contribution in [-0.4, -0.2) is 4.57 Å². The first-order valence-corrected chi connectivity index (χ1v) is 22.9. The van der Waals surface area contributed by atoms with Crippen LogP contribution in [0.4, 0.5) is 17.1 Å². The van der Waals surface area contributed by atoms with E-state index in [1.165, 1.54) is 86.6 Å². The number of nitrogens with zero attached hydrogens (tertiary/aromatic N) is 2. The van der Waals surface area contributed by atoms with Crippen LogP contribution in [0, 0.1) is 0 Å². The molecule has 0 saturated heterocycles. The van der Waals surface area contributed by atoms with E-state index in [9.17, 15) is 0 Å². The van der Waals surface area contributed by atoms with Crippen molar-refractivity contribution < 1.29 is 0 Å². The summed E-state index contributed by atoms with van der Waals surface area (Å²) in [4.78, 5) is 2.39. The van der Waals surface area contributed by atoms with Gasteiger partial charge in [-0.2, -0.15) is 0 Å². The second-order valence-electron chi connectivity index (χ2n) is 17.2. The summed E-state index contributed by atoms with van der Waals surface area (Å²) in [5.74, 6) is 0. The Labute approximate surface area is 377 Å². The highest BCUT2D eigenvalue weighted by Gasteiger charge is 2.24. The Kier molecular flexibility index (Phi) is 9.24. The lowest BCUT2D eigenvalue weighted by Crippen LogP contribution is -2.19. The highest BCUT2D eigenvalue weighted by molar-refractivity contribution is 7.25. The number of hydrogen-bond donors (Lipinski definition) is 0. The summed E-state index contributed by atoms with van der Waals surface area (Å²) in [6, 6.07) is 78.1. The Morgan fingerprint density at radius 1 is 0.453 bits per heavy atom. The van der Waals surface area contributed by atoms with Crippen LogP contribution in [0.15, 0.2) is 237 Å². The molecule has 9 aromatic carbocycles. The number of para-hydroxylation sites is 1. The number of hydrogen-bond acceptors (Lipinski definition) is 2. The molecule has 2 aromatic heterocycles. The van der Waals surface area contributed by atoms with Crippen molar-refractivity contribution >= 4 is 70.4 Å². The first-order chi connectivity index (χ1) is 31.6. The van der Waals surface area contributed by atoms with Crippen molar-refractivity contribution in [3.8, 4) is 39.1 Å². The maximum atomic E-state index is 2.45.